The van der Waals surface area contributed by atoms with E-state index in [4.69, 9.17) is 4.74 Å². The lowest BCUT2D eigenvalue weighted by atomic mass is 10.0. The van der Waals surface area contributed by atoms with Crippen molar-refractivity contribution < 1.29 is 9.53 Å². The zero-order valence-electron chi connectivity index (χ0n) is 13.9. The maximum Gasteiger partial charge on any atom is 0.330 e. The minimum Gasteiger partial charge on any atom is -0.461 e. The molecule has 4 nitrogen and oxygen atoms in total. The molecule has 3 rings (SSSR count). The van der Waals surface area contributed by atoms with E-state index in [1.807, 2.05) is 19.1 Å². The Morgan fingerprint density at radius 1 is 1.29 bits per heavy atom. The van der Waals surface area contributed by atoms with Crippen molar-refractivity contribution in [1.29, 1.82) is 0 Å². The van der Waals surface area contributed by atoms with E-state index >= 15 is 0 Å². The molecule has 4 heteroatoms. The van der Waals surface area contributed by atoms with Crippen molar-refractivity contribution >= 4 is 17.7 Å². The van der Waals surface area contributed by atoms with E-state index in [1.165, 1.54) is 17.3 Å². The largest absolute Gasteiger partial charge is 0.461 e. The first-order valence-electron chi connectivity index (χ1n) is 8.33. The summed E-state index contributed by atoms with van der Waals surface area (Å²) in [6.45, 7) is 4.06. The monoisotopic (exact) mass is 322 g/mol. The molecule has 2 heterocycles. The van der Waals surface area contributed by atoms with Gasteiger partial charge in [0.15, 0.2) is 0 Å². The average Bonchev–Trinajstić information content (AvgIpc) is 2.61. The first kappa shape index (κ1) is 16.2. The zero-order valence-corrected chi connectivity index (χ0v) is 13.9. The molecule has 0 unspecified atom stereocenters. The van der Waals surface area contributed by atoms with E-state index in [0.717, 1.165) is 37.2 Å². The third kappa shape index (κ3) is 4.22. The number of fused-ring (bicyclic) bond motifs is 1. The summed E-state index contributed by atoms with van der Waals surface area (Å²) < 4.78 is 5.32. The second kappa shape index (κ2) is 7.77. The van der Waals surface area contributed by atoms with E-state index < -0.39 is 0 Å². The predicted octanol–water partition coefficient (Wildman–Crippen LogP) is 3.40. The van der Waals surface area contributed by atoms with E-state index in [-0.39, 0.29) is 5.97 Å². The predicted molar refractivity (Wildman–Crippen MR) is 95.9 cm³/mol. The average molecular weight is 322 g/mol. The van der Waals surface area contributed by atoms with Crippen LogP contribution in [0.25, 0.3) is 6.08 Å². The second-order valence-corrected chi connectivity index (χ2v) is 5.95. The molecule has 124 valence electrons. The minimum absolute atomic E-state index is 0.319. The van der Waals surface area contributed by atoms with Crippen molar-refractivity contribution in [3.05, 3.63) is 65.5 Å². The number of anilines is 1. The molecule has 0 saturated carbocycles. The van der Waals surface area contributed by atoms with Crippen molar-refractivity contribution in [2.75, 3.05) is 24.6 Å². The molecule has 0 spiro atoms. The summed E-state index contributed by atoms with van der Waals surface area (Å²) in [5.74, 6) is -0.319. The molecule has 1 aromatic carbocycles. The first-order valence-corrected chi connectivity index (χ1v) is 8.33. The second-order valence-electron chi connectivity index (χ2n) is 5.95. The van der Waals surface area contributed by atoms with Crippen LogP contribution < -0.4 is 4.90 Å². The highest BCUT2D eigenvalue weighted by Gasteiger charge is 2.15. The normalized spacial score (nSPS) is 13.8. The summed E-state index contributed by atoms with van der Waals surface area (Å²) in [6.07, 6.45) is 7.19. The third-order valence-corrected chi connectivity index (χ3v) is 4.16. The van der Waals surface area contributed by atoms with Gasteiger partial charge in [-0.15, -0.1) is 0 Å². The number of nitrogens with zero attached hydrogens (tertiary/aromatic N) is 2. The fourth-order valence-electron chi connectivity index (χ4n) is 2.89. The van der Waals surface area contributed by atoms with Crippen LogP contribution in [0.2, 0.25) is 0 Å². The van der Waals surface area contributed by atoms with Crippen molar-refractivity contribution in [3.63, 3.8) is 0 Å². The van der Waals surface area contributed by atoms with Gasteiger partial charge < -0.3 is 9.64 Å². The van der Waals surface area contributed by atoms with Gasteiger partial charge in [-0.05, 0) is 49.1 Å². The number of hydrogen-bond acceptors (Lipinski definition) is 4. The zero-order chi connectivity index (χ0) is 16.8. The number of aryl methyl sites for hydroxylation is 2. The third-order valence-electron chi connectivity index (χ3n) is 4.16. The Morgan fingerprint density at radius 2 is 2.17 bits per heavy atom. The van der Waals surface area contributed by atoms with Crippen LogP contribution in [0, 0.1) is 6.92 Å². The van der Waals surface area contributed by atoms with Crippen LogP contribution in [-0.4, -0.2) is 30.6 Å². The van der Waals surface area contributed by atoms with E-state index in [9.17, 15) is 4.79 Å². The smallest absolute Gasteiger partial charge is 0.330 e. The standard InChI is InChI=1S/C20H22N2O2/c1-16-8-9-17(15-21-16)10-11-20(23)24-14-13-22-12-4-6-18-5-2-3-7-19(18)22/h2-3,5,7-11,15H,4,6,12-14H2,1H3. The summed E-state index contributed by atoms with van der Waals surface area (Å²) in [7, 11) is 0. The topological polar surface area (TPSA) is 42.4 Å². The van der Waals surface area contributed by atoms with Crippen LogP contribution in [0.15, 0.2) is 48.7 Å². The highest BCUT2D eigenvalue weighted by molar-refractivity contribution is 5.87. The van der Waals surface area contributed by atoms with Gasteiger partial charge in [-0.2, -0.15) is 0 Å². The van der Waals surface area contributed by atoms with Crippen LogP contribution in [0.4, 0.5) is 5.69 Å². The van der Waals surface area contributed by atoms with Crippen molar-refractivity contribution in [3.8, 4) is 0 Å². The molecule has 1 aliphatic rings. The number of ether oxygens (including phenoxy) is 1. The van der Waals surface area contributed by atoms with E-state index in [2.05, 4.69) is 34.1 Å². The molecule has 24 heavy (non-hydrogen) atoms. The van der Waals surface area contributed by atoms with Crippen LogP contribution in [0.1, 0.15) is 23.2 Å². The minimum atomic E-state index is -0.319. The number of pyridine rings is 1. The Labute approximate surface area is 142 Å². The summed E-state index contributed by atoms with van der Waals surface area (Å²) in [5.41, 5.74) is 4.49. The number of aromatic nitrogens is 1. The van der Waals surface area contributed by atoms with Crippen LogP contribution in [0.5, 0.6) is 0 Å². The van der Waals surface area contributed by atoms with Gasteiger partial charge in [-0.3, -0.25) is 4.98 Å². The first-order chi connectivity index (χ1) is 11.7. The maximum absolute atomic E-state index is 11.8. The summed E-state index contributed by atoms with van der Waals surface area (Å²) in [6, 6.07) is 12.3. The van der Waals surface area contributed by atoms with Gasteiger partial charge in [0.25, 0.3) is 0 Å². The summed E-state index contributed by atoms with van der Waals surface area (Å²) >= 11 is 0. The Kier molecular flexibility index (Phi) is 5.26. The van der Waals surface area contributed by atoms with Crippen LogP contribution >= 0.6 is 0 Å². The lowest BCUT2D eigenvalue weighted by molar-refractivity contribution is -0.137. The molecule has 0 atom stereocenters. The lowest BCUT2D eigenvalue weighted by Crippen LogP contribution is -2.32. The molecule has 1 aliphatic heterocycles. The van der Waals surface area contributed by atoms with Gasteiger partial charge in [0.2, 0.25) is 0 Å². The highest BCUT2D eigenvalue weighted by Crippen LogP contribution is 2.26. The van der Waals surface area contributed by atoms with Gasteiger partial charge in [0, 0.05) is 30.2 Å². The molecule has 0 aliphatic carbocycles. The molecule has 0 radical (unpaired) electrons. The maximum atomic E-state index is 11.8. The Balaban J connectivity index is 1.48. The molecular weight excluding hydrogens is 300 g/mol. The molecule has 1 aromatic heterocycles. The van der Waals surface area contributed by atoms with Gasteiger partial charge in [0.05, 0.1) is 6.54 Å². The van der Waals surface area contributed by atoms with Crippen molar-refractivity contribution in [1.82, 2.24) is 4.98 Å². The Bertz CT molecular complexity index is 723. The van der Waals surface area contributed by atoms with E-state index in [1.54, 1.807) is 12.3 Å². The summed E-state index contributed by atoms with van der Waals surface area (Å²) in [5, 5.41) is 0. The molecule has 2 aromatic rings. The quantitative estimate of drug-likeness (QED) is 0.625. The molecule has 0 N–H and O–H groups in total. The number of para-hydroxylation sites is 1. The number of esters is 1. The highest BCUT2D eigenvalue weighted by atomic mass is 16.5. The fourth-order valence-corrected chi connectivity index (χ4v) is 2.89. The lowest BCUT2D eigenvalue weighted by Gasteiger charge is -2.30. The number of carbonyl (C=O) groups excluding carboxylic acids is 1. The van der Waals surface area contributed by atoms with Gasteiger partial charge in [0.1, 0.15) is 6.61 Å². The van der Waals surface area contributed by atoms with Crippen LogP contribution in [0.3, 0.4) is 0 Å². The Hall–Kier alpha value is -2.62. The van der Waals surface area contributed by atoms with Crippen molar-refractivity contribution in [2.45, 2.75) is 19.8 Å². The van der Waals surface area contributed by atoms with Crippen LogP contribution in [-0.2, 0) is 16.0 Å². The Morgan fingerprint density at radius 3 is 3.00 bits per heavy atom. The van der Waals surface area contributed by atoms with Crippen molar-refractivity contribution in [2.24, 2.45) is 0 Å². The number of carbonyl (C=O) groups is 1. The fraction of sp³-hybridized carbons (Fsp3) is 0.300. The summed E-state index contributed by atoms with van der Waals surface area (Å²) in [4.78, 5) is 18.3. The molecular formula is C20H22N2O2. The number of benzene rings is 1. The van der Waals surface area contributed by atoms with E-state index in [0.29, 0.717) is 6.61 Å². The molecule has 0 amide bonds. The molecule has 0 saturated heterocycles. The number of hydrogen-bond donors (Lipinski definition) is 0. The molecule has 0 bridgehead atoms. The SMILES string of the molecule is Cc1ccc(C=CC(=O)OCCN2CCCc3ccccc32)cn1. The number of rotatable bonds is 5. The van der Waals surface area contributed by atoms with Gasteiger partial charge in [-0.1, -0.05) is 24.3 Å². The van der Waals surface area contributed by atoms with Gasteiger partial charge >= 0.3 is 5.97 Å². The van der Waals surface area contributed by atoms with Gasteiger partial charge in [-0.25, -0.2) is 4.79 Å². The molecule has 0 fully saturated rings.